The number of imide groups is 2. The molecule has 30 heavy (non-hydrogen) atoms. The fraction of sp³-hybridized carbons (Fsp3) is 0.0909. The summed E-state index contributed by atoms with van der Waals surface area (Å²) in [6.07, 6.45) is 4.84. The van der Waals surface area contributed by atoms with Crippen molar-refractivity contribution in [2.24, 2.45) is 0 Å². The molecule has 0 unspecified atom stereocenters. The molecule has 2 aromatic heterocycles. The highest BCUT2D eigenvalue weighted by molar-refractivity contribution is 6.39. The lowest BCUT2D eigenvalue weighted by molar-refractivity contribution is -0.122. The van der Waals surface area contributed by atoms with E-state index >= 15 is 0 Å². The molecule has 1 fully saturated rings. The van der Waals surface area contributed by atoms with Crippen LogP contribution in [0.1, 0.15) is 17.0 Å². The van der Waals surface area contributed by atoms with Crippen LogP contribution in [0, 0.1) is 19.7 Å². The number of benzene rings is 1. The van der Waals surface area contributed by atoms with Crippen LogP contribution in [0.3, 0.4) is 0 Å². The van der Waals surface area contributed by atoms with Crippen LogP contribution in [0.25, 0.3) is 11.8 Å². The summed E-state index contributed by atoms with van der Waals surface area (Å²) in [6.45, 7) is 3.76. The van der Waals surface area contributed by atoms with E-state index in [4.69, 9.17) is 0 Å². The van der Waals surface area contributed by atoms with Crippen LogP contribution in [-0.4, -0.2) is 27.4 Å². The first-order valence-corrected chi connectivity index (χ1v) is 9.13. The van der Waals surface area contributed by atoms with Crippen LogP contribution >= 0.6 is 0 Å². The molecule has 0 spiro atoms. The molecule has 4 amide bonds. The quantitative estimate of drug-likeness (QED) is 0.536. The molecular weight excluding hydrogens is 387 g/mol. The van der Waals surface area contributed by atoms with Gasteiger partial charge in [-0.3, -0.25) is 19.9 Å². The summed E-state index contributed by atoms with van der Waals surface area (Å²) in [5.74, 6) is -2.06. The Balaban J connectivity index is 1.76. The summed E-state index contributed by atoms with van der Waals surface area (Å²) in [5.41, 5.74) is 3.17. The largest absolute Gasteiger partial charge is 0.335 e. The number of nitrogens with zero attached hydrogens (tertiary/aromatic N) is 3. The Morgan fingerprint density at radius 2 is 1.77 bits per heavy atom. The Bertz CT molecular complexity index is 1200. The van der Waals surface area contributed by atoms with Crippen molar-refractivity contribution in [2.45, 2.75) is 13.8 Å². The average molecular weight is 404 g/mol. The number of carbonyl (C=O) groups excluding carboxylic acids is 3. The Hall–Kier alpha value is -4.07. The van der Waals surface area contributed by atoms with Crippen LogP contribution in [-0.2, 0) is 9.59 Å². The summed E-state index contributed by atoms with van der Waals surface area (Å²) >= 11 is 0. The lowest BCUT2D eigenvalue weighted by Gasteiger charge is -2.26. The molecule has 1 N–H and O–H groups in total. The van der Waals surface area contributed by atoms with Crippen molar-refractivity contribution in [3.8, 4) is 5.69 Å². The van der Waals surface area contributed by atoms with E-state index in [-0.39, 0.29) is 11.3 Å². The first kappa shape index (κ1) is 19.3. The summed E-state index contributed by atoms with van der Waals surface area (Å²) in [5, 5.41) is 2.16. The molecule has 1 saturated heterocycles. The maximum Gasteiger partial charge on any atom is 0.335 e. The van der Waals surface area contributed by atoms with Gasteiger partial charge >= 0.3 is 6.03 Å². The zero-order valence-electron chi connectivity index (χ0n) is 16.2. The molecule has 8 heteroatoms. The normalized spacial score (nSPS) is 15.6. The van der Waals surface area contributed by atoms with E-state index < -0.39 is 23.7 Å². The second-order valence-electron chi connectivity index (χ2n) is 6.81. The second kappa shape index (κ2) is 7.40. The number of urea groups is 1. The lowest BCUT2D eigenvalue weighted by Crippen LogP contribution is -2.54. The fourth-order valence-electron chi connectivity index (χ4n) is 3.45. The van der Waals surface area contributed by atoms with Crippen LogP contribution in [0.2, 0.25) is 0 Å². The molecule has 3 aromatic rings. The maximum absolute atomic E-state index is 13.2. The number of carbonyl (C=O) groups is 3. The molecule has 1 aliphatic heterocycles. The van der Waals surface area contributed by atoms with E-state index in [1.165, 1.54) is 18.2 Å². The molecular formula is C22H17FN4O3. The number of barbiturate groups is 1. The first-order valence-electron chi connectivity index (χ1n) is 9.13. The van der Waals surface area contributed by atoms with Crippen LogP contribution < -0.4 is 10.2 Å². The number of pyridine rings is 1. The third-order valence-corrected chi connectivity index (χ3v) is 4.86. The second-order valence-corrected chi connectivity index (χ2v) is 6.81. The summed E-state index contributed by atoms with van der Waals surface area (Å²) in [7, 11) is 0. The number of halogens is 1. The standard InChI is InChI=1S/C22H17FN4O3/c1-13-10-15(14(2)26(13)18-4-3-9-24-12-18)11-19-20(28)25-22(30)27(21(19)29)17-7-5-16(23)6-8-17/h3-12H,1-2H3,(H,25,28,30). The van der Waals surface area contributed by atoms with Crippen molar-refractivity contribution in [2.75, 3.05) is 4.90 Å². The van der Waals surface area contributed by atoms with Crippen LogP contribution in [0.15, 0.2) is 60.4 Å². The van der Waals surface area contributed by atoms with Gasteiger partial charge in [-0.15, -0.1) is 0 Å². The number of aryl methyl sites for hydroxylation is 1. The number of aromatic nitrogens is 2. The highest BCUT2D eigenvalue weighted by Gasteiger charge is 2.37. The van der Waals surface area contributed by atoms with Gasteiger partial charge in [-0.25, -0.2) is 14.1 Å². The molecule has 1 aliphatic rings. The minimum absolute atomic E-state index is 0.165. The number of hydrogen-bond acceptors (Lipinski definition) is 4. The number of amides is 4. The predicted octanol–water partition coefficient (Wildman–Crippen LogP) is 3.29. The van der Waals surface area contributed by atoms with Gasteiger partial charge in [0, 0.05) is 17.6 Å². The number of anilines is 1. The minimum atomic E-state index is -0.880. The molecule has 0 atom stereocenters. The zero-order chi connectivity index (χ0) is 21.4. The van der Waals surface area contributed by atoms with E-state index in [1.54, 1.807) is 12.4 Å². The number of hydrogen-bond donors (Lipinski definition) is 1. The van der Waals surface area contributed by atoms with Gasteiger partial charge in [0.25, 0.3) is 11.8 Å². The Morgan fingerprint density at radius 3 is 2.43 bits per heavy atom. The fourth-order valence-corrected chi connectivity index (χ4v) is 3.45. The molecule has 4 rings (SSSR count). The molecule has 7 nitrogen and oxygen atoms in total. The van der Waals surface area contributed by atoms with E-state index in [9.17, 15) is 18.8 Å². The summed E-state index contributed by atoms with van der Waals surface area (Å²) in [4.78, 5) is 42.6. The molecule has 0 bridgehead atoms. The number of rotatable bonds is 3. The highest BCUT2D eigenvalue weighted by Crippen LogP contribution is 2.25. The molecule has 1 aromatic carbocycles. The molecule has 0 saturated carbocycles. The third-order valence-electron chi connectivity index (χ3n) is 4.86. The first-order chi connectivity index (χ1) is 14.4. The molecule has 3 heterocycles. The minimum Gasteiger partial charge on any atom is -0.316 e. The summed E-state index contributed by atoms with van der Waals surface area (Å²) < 4.78 is 15.2. The van der Waals surface area contributed by atoms with Crippen molar-refractivity contribution in [3.63, 3.8) is 0 Å². The van der Waals surface area contributed by atoms with E-state index in [1.807, 2.05) is 36.6 Å². The van der Waals surface area contributed by atoms with Gasteiger partial charge in [-0.05, 0) is 68.0 Å². The topological polar surface area (TPSA) is 84.3 Å². The van der Waals surface area contributed by atoms with Crippen molar-refractivity contribution in [1.82, 2.24) is 14.9 Å². The van der Waals surface area contributed by atoms with Gasteiger partial charge < -0.3 is 4.57 Å². The third kappa shape index (κ3) is 3.28. The van der Waals surface area contributed by atoms with E-state index in [0.717, 1.165) is 34.1 Å². The molecule has 0 radical (unpaired) electrons. The van der Waals surface area contributed by atoms with Gasteiger partial charge in [0.05, 0.1) is 17.6 Å². The van der Waals surface area contributed by atoms with Crippen LogP contribution in [0.4, 0.5) is 14.9 Å². The average Bonchev–Trinajstić information content (AvgIpc) is 3.00. The van der Waals surface area contributed by atoms with Crippen molar-refractivity contribution < 1.29 is 18.8 Å². The van der Waals surface area contributed by atoms with Gasteiger partial charge in [0.15, 0.2) is 0 Å². The predicted molar refractivity (Wildman–Crippen MR) is 108 cm³/mol. The van der Waals surface area contributed by atoms with Gasteiger partial charge in [0.1, 0.15) is 11.4 Å². The van der Waals surface area contributed by atoms with Crippen molar-refractivity contribution in [1.29, 1.82) is 0 Å². The van der Waals surface area contributed by atoms with Crippen molar-refractivity contribution >= 4 is 29.6 Å². The molecule has 0 aliphatic carbocycles. The lowest BCUT2D eigenvalue weighted by atomic mass is 10.1. The van der Waals surface area contributed by atoms with E-state index in [0.29, 0.717) is 5.56 Å². The van der Waals surface area contributed by atoms with Gasteiger partial charge in [-0.1, -0.05) is 0 Å². The SMILES string of the molecule is Cc1cc(C=C2C(=O)NC(=O)N(c3ccc(F)cc3)C2=O)c(C)n1-c1cccnc1. The number of nitrogens with one attached hydrogen (secondary N) is 1. The summed E-state index contributed by atoms with van der Waals surface area (Å²) in [6, 6.07) is 9.55. The highest BCUT2D eigenvalue weighted by atomic mass is 19.1. The molecule has 150 valence electrons. The van der Waals surface area contributed by atoms with E-state index in [2.05, 4.69) is 10.3 Å². The van der Waals surface area contributed by atoms with Crippen molar-refractivity contribution in [3.05, 3.63) is 83.2 Å². The van der Waals surface area contributed by atoms with Crippen LogP contribution in [0.5, 0.6) is 0 Å². The monoisotopic (exact) mass is 404 g/mol. The maximum atomic E-state index is 13.2. The van der Waals surface area contributed by atoms with Gasteiger partial charge in [0.2, 0.25) is 0 Å². The van der Waals surface area contributed by atoms with Gasteiger partial charge in [-0.2, -0.15) is 0 Å². The Kier molecular flexibility index (Phi) is 4.75. The smallest absolute Gasteiger partial charge is 0.316 e. The Morgan fingerprint density at radius 1 is 1.03 bits per heavy atom. The zero-order valence-corrected chi connectivity index (χ0v) is 16.2. The Labute approximate surface area is 171 Å².